The molecule has 0 aromatic heterocycles. The van der Waals surface area contributed by atoms with Crippen LogP contribution in [-0.4, -0.2) is 66.6 Å². The van der Waals surface area contributed by atoms with Gasteiger partial charge in [-0.05, 0) is 0 Å². The fourth-order valence-corrected chi connectivity index (χ4v) is 3.66. The number of aliphatic hydroxyl groups is 3. The van der Waals surface area contributed by atoms with Gasteiger partial charge < -0.3 is 95.2 Å². The Morgan fingerprint density at radius 2 is 0.700 bits per heavy atom. The molecule has 30 N–H and O–H groups in total. The molecular weight excluding hydrogens is 489 g/mol. The highest BCUT2D eigenvalue weighted by Gasteiger charge is 2.54. The van der Waals surface area contributed by atoms with E-state index in [2.05, 4.69) is 13.6 Å². The smallest absolute Gasteiger partial charge is 0.265 e. The molecule has 1 saturated carbocycles. The van der Waals surface area contributed by atoms with Crippen molar-refractivity contribution in [3.8, 4) is 0 Å². The topological polar surface area (TPSA) is 488 Å². The lowest BCUT2D eigenvalue weighted by atomic mass is 9.85. The third-order valence-electron chi connectivity index (χ3n) is 2.78. The van der Waals surface area contributed by atoms with Gasteiger partial charge in [0.15, 0.2) is 0 Å². The maximum Gasteiger partial charge on any atom is 0.265 e. The molecule has 0 spiro atoms. The van der Waals surface area contributed by atoms with Gasteiger partial charge in [-0.15, -0.1) is 0 Å². The van der Waals surface area contributed by atoms with E-state index in [1.54, 1.807) is 0 Å². The van der Waals surface area contributed by atoms with Crippen molar-refractivity contribution < 1.29 is 71.9 Å². The zero-order chi connectivity index (χ0) is 19.1. The van der Waals surface area contributed by atoms with Crippen molar-refractivity contribution in [2.75, 3.05) is 0 Å². The number of phosphoric ester groups is 3. The van der Waals surface area contributed by atoms with Crippen molar-refractivity contribution in [3.63, 3.8) is 0 Å². The fraction of sp³-hybridized carbons (Fsp3) is 1.00. The SMILES string of the molecule is O=P([O-])(O)O[C@@H]1[C@@H](O)[C@H](OP(=O)([O-])O)[C@@H](OP(=O)([O-])O)[C@H](O)[C@@H]1O.[NH4+].[NH4+].[NH4+].[NH4+].[NH4+].[NH4+]. The monoisotopic (exact) mass is 525 g/mol. The molecule has 0 aromatic rings. The van der Waals surface area contributed by atoms with Gasteiger partial charge in [-0.3, -0.25) is 13.7 Å². The van der Waals surface area contributed by atoms with E-state index < -0.39 is 60.1 Å². The van der Waals surface area contributed by atoms with Gasteiger partial charge in [-0.2, -0.15) is 0 Å². The predicted molar refractivity (Wildman–Crippen MR) is 98.0 cm³/mol. The van der Waals surface area contributed by atoms with Crippen molar-refractivity contribution >= 4 is 23.5 Å². The normalized spacial score (nSPS) is 33.5. The van der Waals surface area contributed by atoms with Gasteiger partial charge in [0, 0.05) is 0 Å². The molecule has 0 aliphatic heterocycles. The second-order valence-electron chi connectivity index (χ2n) is 4.59. The van der Waals surface area contributed by atoms with Gasteiger partial charge in [0.05, 0.1) is 0 Å². The largest absolute Gasteiger partial charge is 0.756 e. The van der Waals surface area contributed by atoms with Gasteiger partial charge >= 0.3 is 0 Å². The average molecular weight is 525 g/mol. The molecule has 30 heavy (non-hydrogen) atoms. The molecular formula is C6H36N6O15P3+3. The molecule has 192 valence electrons. The molecule has 21 nitrogen and oxygen atoms in total. The molecule has 1 aliphatic rings. The third kappa shape index (κ3) is 13.4. The van der Waals surface area contributed by atoms with Crippen LogP contribution in [0.4, 0.5) is 0 Å². The van der Waals surface area contributed by atoms with E-state index in [1.807, 2.05) is 0 Å². The van der Waals surface area contributed by atoms with Crippen LogP contribution in [0.25, 0.3) is 0 Å². The molecule has 0 radical (unpaired) electrons. The average Bonchev–Trinajstić information content (AvgIpc) is 2.32. The Morgan fingerprint density at radius 3 is 0.967 bits per heavy atom. The Balaban J connectivity index is -0.000000240. The van der Waals surface area contributed by atoms with Crippen molar-refractivity contribution in [2.24, 2.45) is 0 Å². The lowest BCUT2D eigenvalue weighted by molar-refractivity contribution is -0.278. The lowest BCUT2D eigenvalue weighted by Crippen LogP contribution is -2.65. The third-order valence-corrected chi connectivity index (χ3v) is 4.31. The number of aliphatic hydroxyl groups excluding tert-OH is 3. The quantitative estimate of drug-likeness (QED) is 0.152. The maximum absolute atomic E-state index is 10.8. The minimum absolute atomic E-state index is 0. The summed E-state index contributed by atoms with van der Waals surface area (Å²) in [6.45, 7) is 0. The molecule has 24 heteroatoms. The van der Waals surface area contributed by atoms with Crippen LogP contribution < -0.4 is 51.6 Å². The van der Waals surface area contributed by atoms with E-state index in [0.29, 0.717) is 0 Å². The van der Waals surface area contributed by atoms with E-state index in [0.717, 1.165) is 0 Å². The van der Waals surface area contributed by atoms with Crippen LogP contribution in [0, 0.1) is 0 Å². The van der Waals surface area contributed by atoms with Crippen LogP contribution in [-0.2, 0) is 27.3 Å². The van der Waals surface area contributed by atoms with Crippen LogP contribution in [0.15, 0.2) is 0 Å². The molecule has 1 fully saturated rings. The first kappa shape index (κ1) is 43.8. The van der Waals surface area contributed by atoms with E-state index in [1.165, 1.54) is 0 Å². The lowest BCUT2D eigenvalue weighted by Gasteiger charge is -2.47. The van der Waals surface area contributed by atoms with E-state index >= 15 is 0 Å². The first-order valence-electron chi connectivity index (χ1n) is 5.72. The molecule has 1 aliphatic carbocycles. The number of quaternary nitrogens is 6. The zero-order valence-corrected chi connectivity index (χ0v) is 19.8. The summed E-state index contributed by atoms with van der Waals surface area (Å²) in [5, 5.41) is 29.1. The molecule has 9 atom stereocenters. The van der Waals surface area contributed by atoms with Crippen molar-refractivity contribution in [1.82, 2.24) is 36.9 Å². The standard InChI is InChI=1S/C6H15O15P3.6H3N/c7-1-2(8)5(20-23(13,14)15)6(21-24(16,17)18)3(9)4(1)19-22(10,11)12;;;;;;/h1-9H,(H2,10,11,12)(H2,13,14,15)(H2,16,17,18);6*1H3/p+3/t1-,2+,3+,4-,5-,6-;;;;;;/m0....../s1. The van der Waals surface area contributed by atoms with Crippen LogP contribution >= 0.6 is 23.5 Å². The Labute approximate surface area is 170 Å². The summed E-state index contributed by atoms with van der Waals surface area (Å²) in [6.07, 6.45) is -15.0. The summed E-state index contributed by atoms with van der Waals surface area (Å²) in [6, 6.07) is 0. The highest BCUT2D eigenvalue weighted by molar-refractivity contribution is 7.45. The van der Waals surface area contributed by atoms with Gasteiger partial charge in [-0.25, -0.2) is 0 Å². The Morgan fingerprint density at radius 1 is 0.500 bits per heavy atom. The number of rotatable bonds is 6. The Bertz CT molecular complexity index is 595. The molecule has 0 aromatic carbocycles. The van der Waals surface area contributed by atoms with E-state index in [4.69, 9.17) is 14.7 Å². The molecule has 0 saturated heterocycles. The van der Waals surface area contributed by atoms with Crippen LogP contribution in [0.2, 0.25) is 0 Å². The molecule has 1 rings (SSSR count). The van der Waals surface area contributed by atoms with Crippen LogP contribution in [0.3, 0.4) is 0 Å². The van der Waals surface area contributed by atoms with Gasteiger partial charge in [-0.1, -0.05) is 0 Å². The van der Waals surface area contributed by atoms with Gasteiger partial charge in [0.2, 0.25) is 0 Å². The van der Waals surface area contributed by atoms with Gasteiger partial charge in [0.1, 0.15) is 36.6 Å². The number of phosphoric acid groups is 3. The predicted octanol–water partition coefficient (Wildman–Crippen LogP) is -3.12. The first-order chi connectivity index (χ1) is 10.5. The molecule has 0 bridgehead atoms. The minimum atomic E-state index is -5.72. The summed E-state index contributed by atoms with van der Waals surface area (Å²) < 4.78 is 43.9. The van der Waals surface area contributed by atoms with E-state index in [9.17, 15) is 43.7 Å². The Kier molecular flexibility index (Phi) is 21.8. The highest BCUT2D eigenvalue weighted by Crippen LogP contribution is 2.45. The second kappa shape index (κ2) is 14.9. The summed E-state index contributed by atoms with van der Waals surface area (Å²) in [5.74, 6) is 0. The van der Waals surface area contributed by atoms with Crippen molar-refractivity contribution in [1.29, 1.82) is 0 Å². The molecule has 0 heterocycles. The highest BCUT2D eigenvalue weighted by atomic mass is 31.2. The first-order valence-corrected chi connectivity index (χ1v) is 10.2. The summed E-state index contributed by atoms with van der Waals surface area (Å²) in [5.41, 5.74) is 0. The maximum atomic E-state index is 10.8. The summed E-state index contributed by atoms with van der Waals surface area (Å²) in [4.78, 5) is 58.0. The van der Waals surface area contributed by atoms with Gasteiger partial charge in [0.25, 0.3) is 23.5 Å². The van der Waals surface area contributed by atoms with Crippen LogP contribution in [0.1, 0.15) is 0 Å². The zero-order valence-electron chi connectivity index (χ0n) is 17.2. The van der Waals surface area contributed by atoms with Crippen molar-refractivity contribution in [2.45, 2.75) is 36.6 Å². The van der Waals surface area contributed by atoms with Crippen LogP contribution in [0.5, 0.6) is 0 Å². The second-order valence-corrected chi connectivity index (χ2v) is 8.03. The fourth-order valence-electron chi connectivity index (χ4n) is 2.00. The van der Waals surface area contributed by atoms with E-state index in [-0.39, 0.29) is 36.9 Å². The molecule has 0 amide bonds. The Hall–Kier alpha value is -0.0300. The summed E-state index contributed by atoms with van der Waals surface area (Å²) >= 11 is 0. The number of hydrogen-bond acceptors (Lipinski definition) is 12. The number of hydrogen-bond donors (Lipinski definition) is 12. The summed E-state index contributed by atoms with van der Waals surface area (Å²) in [7, 11) is -17.0. The molecule has 3 unspecified atom stereocenters. The van der Waals surface area contributed by atoms with Crippen molar-refractivity contribution in [3.05, 3.63) is 0 Å². The minimum Gasteiger partial charge on any atom is -0.756 e.